The molecule has 2 aromatic carbocycles. The zero-order valence-electron chi connectivity index (χ0n) is 23.6. The Bertz CT molecular complexity index is 1000. The molecule has 1 fully saturated rings. The van der Waals surface area contributed by atoms with Crippen molar-refractivity contribution in [3.63, 3.8) is 0 Å². The van der Waals surface area contributed by atoms with Gasteiger partial charge < -0.3 is 22.9 Å². The van der Waals surface area contributed by atoms with Crippen LogP contribution in [0.15, 0.2) is 48.5 Å². The van der Waals surface area contributed by atoms with Gasteiger partial charge in [-0.25, -0.2) is 0 Å². The summed E-state index contributed by atoms with van der Waals surface area (Å²) in [5, 5.41) is 0. The first-order valence-corrected chi connectivity index (χ1v) is 14.9. The Morgan fingerprint density at radius 1 is 1.05 bits per heavy atom. The highest BCUT2D eigenvalue weighted by atomic mass is 28.4. The summed E-state index contributed by atoms with van der Waals surface area (Å²) in [5.41, 5.74) is 3.30. The van der Waals surface area contributed by atoms with Crippen molar-refractivity contribution in [2.45, 2.75) is 44.2 Å². The van der Waals surface area contributed by atoms with Crippen molar-refractivity contribution in [3.05, 3.63) is 65.2 Å². The Morgan fingerprint density at radius 3 is 2.22 bits per heavy atom. The molecule has 1 heterocycles. The van der Waals surface area contributed by atoms with E-state index in [0.717, 1.165) is 35.5 Å². The fraction of sp³-hybridized carbons (Fsp3) is 0.552. The average molecular weight is 529 g/mol. The molecular weight excluding hydrogens is 484 g/mol. The van der Waals surface area contributed by atoms with Gasteiger partial charge in [-0.15, -0.1) is 0 Å². The molecule has 8 heteroatoms. The fourth-order valence-corrected chi connectivity index (χ4v) is 7.70. The van der Waals surface area contributed by atoms with Crippen molar-refractivity contribution in [2.24, 2.45) is 0 Å². The van der Waals surface area contributed by atoms with Gasteiger partial charge in [0.05, 0.1) is 18.8 Å². The normalized spacial score (nSPS) is 17.0. The number of nitrogens with zero attached hydrogens (tertiary/aromatic N) is 2. The van der Waals surface area contributed by atoms with Gasteiger partial charge in [0, 0.05) is 51.2 Å². The van der Waals surface area contributed by atoms with E-state index >= 15 is 0 Å². The predicted octanol–water partition coefficient (Wildman–Crippen LogP) is 4.47. The molecule has 1 aliphatic heterocycles. The summed E-state index contributed by atoms with van der Waals surface area (Å²) in [4.78, 5) is 18.9. The first-order chi connectivity index (χ1) is 17.8. The fourth-order valence-electron chi connectivity index (χ4n) is 5.52. The average Bonchev–Trinajstić information content (AvgIpc) is 2.93. The Labute approximate surface area is 224 Å². The third kappa shape index (κ3) is 6.33. The monoisotopic (exact) mass is 528 g/mol. The van der Waals surface area contributed by atoms with Crippen molar-refractivity contribution in [1.29, 1.82) is 0 Å². The lowest BCUT2D eigenvalue weighted by molar-refractivity contribution is 0.0664. The van der Waals surface area contributed by atoms with Crippen LogP contribution in [0.5, 0.6) is 0 Å². The van der Waals surface area contributed by atoms with E-state index in [-0.39, 0.29) is 11.3 Å². The Morgan fingerprint density at radius 2 is 1.68 bits per heavy atom. The molecule has 2 atom stereocenters. The van der Waals surface area contributed by atoms with Crippen LogP contribution < -0.4 is 4.90 Å². The van der Waals surface area contributed by atoms with Gasteiger partial charge in [0.1, 0.15) is 0 Å². The summed E-state index contributed by atoms with van der Waals surface area (Å²) in [5.74, 6) is 0.138. The minimum absolute atomic E-state index is 0.0384. The standard InChI is InChI=1S/C29H44N2O5Si/c1-8-29(30(3)4,22-24-12-10-9-11-13-24)28(32)27-15-14-26(31-16-18-36-19-17-31)21-25(27)20-23(2)37(33-5,34-6)35-7/h9-15,21,23H,8,16-20,22H2,1-7H3. The van der Waals surface area contributed by atoms with E-state index in [1.807, 2.05) is 38.4 Å². The van der Waals surface area contributed by atoms with E-state index in [4.69, 9.17) is 18.0 Å². The highest BCUT2D eigenvalue weighted by Gasteiger charge is 2.46. The van der Waals surface area contributed by atoms with Gasteiger partial charge in [-0.3, -0.25) is 9.69 Å². The second kappa shape index (κ2) is 13.1. The lowest BCUT2D eigenvalue weighted by atomic mass is 9.78. The molecule has 204 valence electrons. The van der Waals surface area contributed by atoms with Gasteiger partial charge in [-0.1, -0.05) is 44.2 Å². The first kappa shape index (κ1) is 29.5. The van der Waals surface area contributed by atoms with E-state index in [1.54, 1.807) is 21.3 Å². The molecule has 0 radical (unpaired) electrons. The van der Waals surface area contributed by atoms with Gasteiger partial charge in [-0.2, -0.15) is 0 Å². The summed E-state index contributed by atoms with van der Waals surface area (Å²) in [7, 11) is 6.02. The molecule has 0 aromatic heterocycles. The van der Waals surface area contributed by atoms with Crippen molar-refractivity contribution >= 4 is 20.3 Å². The lowest BCUT2D eigenvalue weighted by Gasteiger charge is -2.39. The molecule has 0 bridgehead atoms. The number of ketones is 1. The third-order valence-electron chi connectivity index (χ3n) is 7.90. The number of Topliss-reactive ketones (excluding diaryl/α,β-unsaturated/α-hetero) is 1. The number of benzene rings is 2. The van der Waals surface area contributed by atoms with Gasteiger partial charge in [0.2, 0.25) is 0 Å². The van der Waals surface area contributed by atoms with E-state index in [0.29, 0.717) is 32.5 Å². The maximum Gasteiger partial charge on any atom is 0.503 e. The summed E-state index contributed by atoms with van der Waals surface area (Å²) in [6.45, 7) is 7.26. The number of anilines is 1. The maximum absolute atomic E-state index is 14.5. The number of rotatable bonds is 13. The lowest BCUT2D eigenvalue weighted by Crippen LogP contribution is -2.53. The number of ether oxygens (including phenoxy) is 1. The van der Waals surface area contributed by atoms with Crippen molar-refractivity contribution in [1.82, 2.24) is 4.90 Å². The Balaban J connectivity index is 2.08. The second-order valence-corrected chi connectivity index (χ2v) is 13.5. The minimum Gasteiger partial charge on any atom is -0.378 e. The summed E-state index contributed by atoms with van der Waals surface area (Å²) in [6.07, 6.45) is 1.95. The van der Waals surface area contributed by atoms with Crippen LogP contribution in [0, 0.1) is 0 Å². The smallest absolute Gasteiger partial charge is 0.378 e. The first-order valence-electron chi connectivity index (χ1n) is 13.1. The molecule has 2 aromatic rings. The van der Waals surface area contributed by atoms with Crippen LogP contribution in [-0.4, -0.2) is 86.8 Å². The van der Waals surface area contributed by atoms with E-state index in [1.165, 1.54) is 0 Å². The summed E-state index contributed by atoms with van der Waals surface area (Å²) >= 11 is 0. The predicted molar refractivity (Wildman–Crippen MR) is 151 cm³/mol. The molecule has 0 spiro atoms. The highest BCUT2D eigenvalue weighted by molar-refractivity contribution is 6.62. The van der Waals surface area contributed by atoms with Gasteiger partial charge in [0.25, 0.3) is 0 Å². The molecule has 37 heavy (non-hydrogen) atoms. The molecule has 0 N–H and O–H groups in total. The molecular formula is C29H44N2O5Si. The highest BCUT2D eigenvalue weighted by Crippen LogP contribution is 2.35. The minimum atomic E-state index is -2.91. The van der Waals surface area contributed by atoms with Crippen LogP contribution in [0.3, 0.4) is 0 Å². The summed E-state index contributed by atoms with van der Waals surface area (Å²) < 4.78 is 23.0. The van der Waals surface area contributed by atoms with Crippen molar-refractivity contribution in [2.75, 3.05) is 66.6 Å². The second-order valence-electron chi connectivity index (χ2n) is 10.0. The van der Waals surface area contributed by atoms with Crippen LogP contribution in [0.4, 0.5) is 5.69 Å². The van der Waals surface area contributed by atoms with Crippen molar-refractivity contribution < 1.29 is 22.8 Å². The zero-order valence-corrected chi connectivity index (χ0v) is 24.6. The number of hydrogen-bond acceptors (Lipinski definition) is 7. The molecule has 1 aliphatic rings. The molecule has 0 saturated carbocycles. The third-order valence-corrected chi connectivity index (χ3v) is 11.0. The molecule has 0 amide bonds. The van der Waals surface area contributed by atoms with Gasteiger partial charge in [-0.05, 0) is 62.7 Å². The molecule has 0 aliphatic carbocycles. The molecule has 1 saturated heterocycles. The number of hydrogen-bond donors (Lipinski definition) is 0. The van der Waals surface area contributed by atoms with Crippen LogP contribution in [0.1, 0.15) is 41.8 Å². The topological polar surface area (TPSA) is 60.5 Å². The van der Waals surface area contributed by atoms with Gasteiger partial charge >= 0.3 is 8.80 Å². The Kier molecular flexibility index (Phi) is 10.5. The number of carbonyl (C=O) groups is 1. The number of morpholine rings is 1. The maximum atomic E-state index is 14.5. The number of likely N-dealkylation sites (N-methyl/N-ethyl adjacent to an activating group) is 1. The molecule has 2 unspecified atom stereocenters. The van der Waals surface area contributed by atoms with Crippen LogP contribution in [-0.2, 0) is 30.9 Å². The summed E-state index contributed by atoms with van der Waals surface area (Å²) in [6, 6.07) is 16.5. The van der Waals surface area contributed by atoms with E-state index in [9.17, 15) is 4.79 Å². The van der Waals surface area contributed by atoms with Crippen LogP contribution in [0.2, 0.25) is 5.54 Å². The quantitative estimate of drug-likeness (QED) is 0.281. The van der Waals surface area contributed by atoms with Gasteiger partial charge in [0.15, 0.2) is 5.78 Å². The largest absolute Gasteiger partial charge is 0.503 e. The van der Waals surface area contributed by atoms with Crippen LogP contribution in [0.25, 0.3) is 0 Å². The Hall–Kier alpha value is -2.07. The van der Waals surface area contributed by atoms with Crippen molar-refractivity contribution in [3.8, 4) is 0 Å². The number of carbonyl (C=O) groups excluding carboxylic acids is 1. The molecule has 3 rings (SSSR count). The zero-order chi connectivity index (χ0) is 27.1. The van der Waals surface area contributed by atoms with E-state index in [2.05, 4.69) is 47.9 Å². The van der Waals surface area contributed by atoms with Crippen LogP contribution >= 0.6 is 0 Å². The SMILES string of the molecule is CCC(Cc1ccccc1)(C(=O)c1ccc(N2CCOCC2)cc1CC(C)[Si](OC)(OC)OC)N(C)C. The van der Waals surface area contributed by atoms with E-state index < -0.39 is 14.3 Å². The molecule has 7 nitrogen and oxygen atoms in total.